The van der Waals surface area contributed by atoms with Crippen LogP contribution in [-0.4, -0.2) is 81.3 Å². The van der Waals surface area contributed by atoms with Gasteiger partial charge in [-0.2, -0.15) is 17.5 Å². The lowest BCUT2D eigenvalue weighted by molar-refractivity contribution is -0.140. The third-order valence-electron chi connectivity index (χ3n) is 4.23. The molecule has 1 aliphatic rings. The van der Waals surface area contributed by atoms with Crippen molar-refractivity contribution in [2.24, 2.45) is 0 Å². The molecule has 0 radical (unpaired) electrons. The molecule has 0 atom stereocenters. The van der Waals surface area contributed by atoms with Gasteiger partial charge in [0, 0.05) is 40.3 Å². The predicted octanol–water partition coefficient (Wildman–Crippen LogP) is 0.810. The van der Waals surface area contributed by atoms with Crippen molar-refractivity contribution in [1.82, 2.24) is 19.4 Å². The van der Waals surface area contributed by atoms with Gasteiger partial charge in [-0.25, -0.2) is 13.2 Å². The van der Waals surface area contributed by atoms with Gasteiger partial charge in [0.15, 0.2) is 0 Å². The molecule has 1 saturated heterocycles. The zero-order valence-electron chi connectivity index (χ0n) is 15.4. The highest BCUT2D eigenvalue weighted by Crippen LogP contribution is 2.35. The Labute approximate surface area is 160 Å². The smallest absolute Gasteiger partial charge is 0.347 e. The van der Waals surface area contributed by atoms with E-state index in [1.54, 1.807) is 0 Å². The number of urea groups is 1. The van der Waals surface area contributed by atoms with Crippen molar-refractivity contribution in [2.45, 2.75) is 11.1 Å². The normalized spacial score (nSPS) is 16.0. The van der Waals surface area contributed by atoms with Crippen LogP contribution in [0.25, 0.3) is 0 Å². The van der Waals surface area contributed by atoms with E-state index in [-0.39, 0.29) is 38.6 Å². The summed E-state index contributed by atoms with van der Waals surface area (Å²) >= 11 is 0. The maximum Gasteiger partial charge on any atom is 0.417 e. The first kappa shape index (κ1) is 22.0. The third-order valence-corrected chi connectivity index (χ3v) is 6.18. The molecule has 1 aromatic rings. The van der Waals surface area contributed by atoms with Crippen LogP contribution in [0, 0.1) is 0 Å². The number of piperazine rings is 1. The van der Waals surface area contributed by atoms with E-state index in [0.29, 0.717) is 0 Å². The van der Waals surface area contributed by atoms with Gasteiger partial charge in [0.1, 0.15) is 0 Å². The fourth-order valence-corrected chi connectivity index (χ4v) is 4.25. The SMILES string of the molecule is CN(C)C(=O)CNC(=O)N1CCN(S(=O)(=O)c2ccccc2C(F)(F)F)CC1. The Hall–Kier alpha value is -2.34. The molecule has 1 heterocycles. The molecular formula is C16H21F3N4O4S. The Bertz CT molecular complexity index is 835. The summed E-state index contributed by atoms with van der Waals surface area (Å²) in [5, 5.41) is 2.43. The molecule has 12 heteroatoms. The molecule has 0 unspecified atom stereocenters. The minimum atomic E-state index is -4.80. The standard InChI is InChI=1S/C16H21F3N4O4S/c1-21(2)14(24)11-20-15(25)22-7-9-23(10-8-22)28(26,27)13-6-4-3-5-12(13)16(17,18)19/h3-6H,7-11H2,1-2H3,(H,20,25). The third kappa shape index (κ3) is 4.93. The summed E-state index contributed by atoms with van der Waals surface area (Å²) in [6.07, 6.45) is -4.80. The Kier molecular flexibility index (Phi) is 6.55. The van der Waals surface area contributed by atoms with Crippen molar-refractivity contribution >= 4 is 22.0 Å². The first-order valence-corrected chi connectivity index (χ1v) is 9.78. The second kappa shape index (κ2) is 8.35. The predicted molar refractivity (Wildman–Crippen MR) is 93.9 cm³/mol. The number of halogens is 3. The number of hydrogen-bond acceptors (Lipinski definition) is 4. The van der Waals surface area contributed by atoms with Gasteiger partial charge in [0.05, 0.1) is 17.0 Å². The topological polar surface area (TPSA) is 90.0 Å². The van der Waals surface area contributed by atoms with Crippen LogP contribution in [0.5, 0.6) is 0 Å². The van der Waals surface area contributed by atoms with E-state index in [1.807, 2.05) is 0 Å². The fourth-order valence-electron chi connectivity index (χ4n) is 2.62. The van der Waals surface area contributed by atoms with E-state index in [1.165, 1.54) is 30.0 Å². The Balaban J connectivity index is 2.05. The summed E-state index contributed by atoms with van der Waals surface area (Å²) in [4.78, 5) is 25.4. The van der Waals surface area contributed by atoms with Crippen LogP contribution in [0.1, 0.15) is 5.56 Å². The first-order chi connectivity index (χ1) is 12.9. The van der Waals surface area contributed by atoms with Crippen LogP contribution >= 0.6 is 0 Å². The molecule has 3 amide bonds. The summed E-state index contributed by atoms with van der Waals surface area (Å²) in [5.41, 5.74) is -1.22. The van der Waals surface area contributed by atoms with Crippen molar-refractivity contribution in [2.75, 3.05) is 46.8 Å². The quantitative estimate of drug-likeness (QED) is 0.778. The van der Waals surface area contributed by atoms with Crippen LogP contribution in [0.2, 0.25) is 0 Å². The lowest BCUT2D eigenvalue weighted by Gasteiger charge is -2.34. The van der Waals surface area contributed by atoms with Crippen LogP contribution in [-0.2, 0) is 21.0 Å². The largest absolute Gasteiger partial charge is 0.417 e. The Morgan fingerprint density at radius 2 is 1.68 bits per heavy atom. The highest BCUT2D eigenvalue weighted by molar-refractivity contribution is 7.89. The number of nitrogens with one attached hydrogen (secondary N) is 1. The fraction of sp³-hybridized carbons (Fsp3) is 0.500. The second-order valence-electron chi connectivity index (χ2n) is 6.33. The average molecular weight is 422 g/mol. The zero-order chi connectivity index (χ0) is 21.1. The number of carbonyl (C=O) groups excluding carboxylic acids is 2. The molecule has 1 aliphatic heterocycles. The monoisotopic (exact) mass is 422 g/mol. The molecule has 1 N–H and O–H groups in total. The number of rotatable bonds is 4. The van der Waals surface area contributed by atoms with Crippen LogP contribution in [0.3, 0.4) is 0 Å². The minimum absolute atomic E-state index is 0.00456. The molecule has 0 bridgehead atoms. The molecule has 1 fully saturated rings. The molecule has 28 heavy (non-hydrogen) atoms. The Morgan fingerprint density at radius 1 is 1.11 bits per heavy atom. The number of hydrogen-bond donors (Lipinski definition) is 1. The second-order valence-corrected chi connectivity index (χ2v) is 8.24. The van der Waals surface area contributed by atoms with Gasteiger partial charge in [0.25, 0.3) is 0 Å². The number of alkyl halides is 3. The summed E-state index contributed by atoms with van der Waals surface area (Å²) in [6.45, 7) is -0.513. The van der Waals surface area contributed by atoms with E-state index in [4.69, 9.17) is 0 Å². The number of sulfonamides is 1. The van der Waals surface area contributed by atoms with Crippen molar-refractivity contribution in [3.63, 3.8) is 0 Å². The van der Waals surface area contributed by atoms with Gasteiger partial charge in [-0.05, 0) is 12.1 Å². The minimum Gasteiger partial charge on any atom is -0.347 e. The van der Waals surface area contributed by atoms with Gasteiger partial charge in [-0.3, -0.25) is 4.79 Å². The van der Waals surface area contributed by atoms with Gasteiger partial charge in [0.2, 0.25) is 15.9 Å². The highest BCUT2D eigenvalue weighted by Gasteiger charge is 2.39. The van der Waals surface area contributed by atoms with Crippen molar-refractivity contribution in [1.29, 1.82) is 0 Å². The lowest BCUT2D eigenvalue weighted by Crippen LogP contribution is -2.54. The molecular weight excluding hydrogens is 401 g/mol. The van der Waals surface area contributed by atoms with E-state index in [9.17, 15) is 31.2 Å². The van der Waals surface area contributed by atoms with E-state index < -0.39 is 32.7 Å². The molecule has 0 saturated carbocycles. The summed E-state index contributed by atoms with van der Waals surface area (Å²) in [7, 11) is -1.29. The van der Waals surface area contributed by atoms with Crippen LogP contribution in [0.4, 0.5) is 18.0 Å². The molecule has 156 valence electrons. The summed E-state index contributed by atoms with van der Waals surface area (Å²) < 4.78 is 65.7. The zero-order valence-corrected chi connectivity index (χ0v) is 16.2. The van der Waals surface area contributed by atoms with Crippen molar-refractivity contribution < 1.29 is 31.2 Å². The number of carbonyl (C=O) groups is 2. The number of likely N-dealkylation sites (N-methyl/N-ethyl adjacent to an activating group) is 1. The first-order valence-electron chi connectivity index (χ1n) is 8.34. The number of benzene rings is 1. The summed E-state index contributed by atoms with van der Waals surface area (Å²) in [5.74, 6) is -0.307. The van der Waals surface area contributed by atoms with Gasteiger partial charge in [-0.1, -0.05) is 12.1 Å². The van der Waals surface area contributed by atoms with Gasteiger partial charge >= 0.3 is 12.2 Å². The maximum atomic E-state index is 13.1. The average Bonchev–Trinajstić information content (AvgIpc) is 2.65. The van der Waals surface area contributed by atoms with Crippen LogP contribution in [0.15, 0.2) is 29.2 Å². The molecule has 0 aromatic heterocycles. The summed E-state index contributed by atoms with van der Waals surface area (Å²) in [6, 6.07) is 3.46. The van der Waals surface area contributed by atoms with Crippen LogP contribution < -0.4 is 5.32 Å². The van der Waals surface area contributed by atoms with E-state index >= 15 is 0 Å². The van der Waals surface area contributed by atoms with Gasteiger partial charge < -0.3 is 15.1 Å². The highest BCUT2D eigenvalue weighted by atomic mass is 32.2. The van der Waals surface area contributed by atoms with Crippen molar-refractivity contribution in [3.8, 4) is 0 Å². The molecule has 8 nitrogen and oxygen atoms in total. The molecule has 1 aromatic carbocycles. The number of nitrogens with zero attached hydrogens (tertiary/aromatic N) is 3. The lowest BCUT2D eigenvalue weighted by atomic mass is 10.2. The molecule has 2 rings (SSSR count). The molecule has 0 spiro atoms. The Morgan fingerprint density at radius 3 is 2.21 bits per heavy atom. The van der Waals surface area contributed by atoms with E-state index in [0.717, 1.165) is 22.5 Å². The van der Waals surface area contributed by atoms with E-state index in [2.05, 4.69) is 5.32 Å². The maximum absolute atomic E-state index is 13.1. The number of amides is 3. The van der Waals surface area contributed by atoms with Crippen molar-refractivity contribution in [3.05, 3.63) is 29.8 Å². The van der Waals surface area contributed by atoms with Gasteiger partial charge in [-0.15, -0.1) is 0 Å². The molecule has 0 aliphatic carbocycles.